The first-order valence-corrected chi connectivity index (χ1v) is 13.0. The lowest BCUT2D eigenvalue weighted by atomic mass is 10.0. The van der Waals surface area contributed by atoms with Gasteiger partial charge in [-0.15, -0.1) is 0 Å². The second kappa shape index (κ2) is 13.3. The molecule has 0 radical (unpaired) electrons. The summed E-state index contributed by atoms with van der Waals surface area (Å²) in [4.78, 5) is 52.3. The van der Waals surface area contributed by atoms with Crippen molar-refractivity contribution in [1.82, 2.24) is 4.90 Å². The Morgan fingerprint density at radius 1 is 1.05 bits per heavy atom. The van der Waals surface area contributed by atoms with Gasteiger partial charge < -0.3 is 26.4 Å². The fraction of sp³-hybridized carbons (Fsp3) is 0.429. The van der Waals surface area contributed by atoms with Gasteiger partial charge in [-0.1, -0.05) is 60.7 Å². The third-order valence-corrected chi connectivity index (χ3v) is 7.32. The molecular weight excluding hydrogens is 504 g/mol. The van der Waals surface area contributed by atoms with E-state index in [2.05, 4.69) is 0 Å². The summed E-state index contributed by atoms with van der Waals surface area (Å²) < 4.78 is 4.70. The number of primary amides is 1. The van der Waals surface area contributed by atoms with Gasteiger partial charge in [0.15, 0.2) is 0 Å². The molecule has 3 unspecified atom stereocenters. The topological polar surface area (TPSA) is 173 Å². The Labute approximate surface area is 227 Å². The number of carbonyl (C=O) groups excluding carboxylic acids is 3. The molecule has 4 amide bonds. The molecule has 0 saturated carbocycles. The van der Waals surface area contributed by atoms with Crippen LogP contribution in [0.5, 0.6) is 0 Å². The van der Waals surface area contributed by atoms with Crippen molar-refractivity contribution in [1.29, 1.82) is 0 Å². The summed E-state index contributed by atoms with van der Waals surface area (Å²) in [5, 5.41) is 22.1. The zero-order valence-electron chi connectivity index (χ0n) is 22.0. The maximum Gasteiger partial charge on any atom is 0.515 e. The zero-order chi connectivity index (χ0) is 28.6. The van der Waals surface area contributed by atoms with Crippen LogP contribution < -0.4 is 11.5 Å². The summed E-state index contributed by atoms with van der Waals surface area (Å²) in [6.07, 6.45) is -4.61. The summed E-state index contributed by atoms with van der Waals surface area (Å²) >= 11 is 0. The minimum atomic E-state index is -1.56. The van der Waals surface area contributed by atoms with E-state index in [0.29, 0.717) is 29.7 Å². The number of benzene rings is 2. The lowest BCUT2D eigenvalue weighted by molar-refractivity contribution is -0.905. The van der Waals surface area contributed by atoms with E-state index in [1.807, 2.05) is 30.3 Å². The maximum absolute atomic E-state index is 13.7. The number of nitrogens with two attached hydrogens (primary N) is 2. The van der Waals surface area contributed by atoms with Gasteiger partial charge in [-0.25, -0.2) is 4.79 Å². The van der Waals surface area contributed by atoms with Crippen molar-refractivity contribution >= 4 is 24.0 Å². The predicted octanol–water partition coefficient (Wildman–Crippen LogP) is 2.35. The van der Waals surface area contributed by atoms with Crippen molar-refractivity contribution in [2.45, 2.75) is 70.0 Å². The van der Waals surface area contributed by atoms with E-state index in [1.54, 1.807) is 37.3 Å². The number of aliphatic hydroxyl groups is 1. The Bertz CT molecular complexity index is 1150. The Kier molecular flexibility index (Phi) is 10.2. The molecule has 3 rings (SSSR count). The van der Waals surface area contributed by atoms with Gasteiger partial charge in [0, 0.05) is 12.8 Å². The molecule has 0 spiro atoms. The molecule has 39 heavy (non-hydrogen) atoms. The number of carboxylic acid groups (broad SMARTS) is 1. The maximum atomic E-state index is 13.7. The molecule has 0 aromatic heterocycles. The second-order valence-electron chi connectivity index (χ2n) is 9.96. The number of amides is 4. The number of likely N-dealkylation sites (tertiary alicyclic amines) is 1. The third kappa shape index (κ3) is 6.99. The molecule has 5 atom stereocenters. The van der Waals surface area contributed by atoms with Crippen LogP contribution in [0, 0.1) is 0 Å². The van der Waals surface area contributed by atoms with Crippen LogP contribution >= 0.6 is 0 Å². The quantitative estimate of drug-likeness (QED) is 0.314. The molecule has 2 aromatic rings. The SMILES string of the molecule is C[C@@H]1CCC[N+]1(C(=O)O)C(C(O)CCc1ccccc1)N(C(=O)OCc1ccccc1)C(=O)[C@@H](N)CC(N)=O. The molecule has 210 valence electrons. The minimum Gasteiger partial charge on any atom is -0.444 e. The average molecular weight is 542 g/mol. The van der Waals surface area contributed by atoms with Gasteiger partial charge in [-0.05, 0) is 30.9 Å². The number of aliphatic hydroxyl groups excluding tert-OH is 1. The molecule has 11 nitrogen and oxygen atoms in total. The van der Waals surface area contributed by atoms with Crippen molar-refractivity contribution in [3.8, 4) is 0 Å². The highest BCUT2D eigenvalue weighted by Gasteiger charge is 2.60. The fourth-order valence-electron chi connectivity index (χ4n) is 5.28. The van der Waals surface area contributed by atoms with E-state index < -0.39 is 59.3 Å². The monoisotopic (exact) mass is 541 g/mol. The molecule has 1 fully saturated rings. The highest BCUT2D eigenvalue weighted by Crippen LogP contribution is 2.36. The van der Waals surface area contributed by atoms with Gasteiger partial charge in [-0.2, -0.15) is 14.2 Å². The van der Waals surface area contributed by atoms with Crippen molar-refractivity contribution in [3.05, 3.63) is 71.8 Å². The number of aryl methyl sites for hydroxylation is 1. The molecular formula is C28H37N4O7+. The first-order chi connectivity index (χ1) is 18.6. The molecule has 1 aliphatic heterocycles. The molecule has 6 N–H and O–H groups in total. The molecule has 0 bridgehead atoms. The van der Waals surface area contributed by atoms with Gasteiger partial charge in [0.05, 0.1) is 25.0 Å². The van der Waals surface area contributed by atoms with Gasteiger partial charge in [0.2, 0.25) is 12.1 Å². The van der Waals surface area contributed by atoms with E-state index in [1.165, 1.54) is 0 Å². The number of hydrogen-bond acceptors (Lipinski definition) is 7. The lowest BCUT2D eigenvalue weighted by Gasteiger charge is -2.45. The van der Waals surface area contributed by atoms with Crippen LogP contribution in [0.1, 0.15) is 43.7 Å². The number of imide groups is 1. The molecule has 1 aliphatic rings. The number of quaternary nitrogens is 1. The highest BCUT2D eigenvalue weighted by molar-refractivity contribution is 5.97. The minimum absolute atomic E-state index is 0.0511. The molecule has 1 saturated heterocycles. The molecule has 1 heterocycles. The van der Waals surface area contributed by atoms with E-state index in [9.17, 15) is 29.4 Å². The summed E-state index contributed by atoms with van der Waals surface area (Å²) in [5.41, 5.74) is 12.8. The standard InChI is InChI=1S/C28H36N4O7/c1-19-9-8-16-32(19,28(37)38)25(23(33)15-14-20-10-4-2-5-11-20)31(26(35)22(29)17-24(30)34)27(36)39-18-21-12-6-3-7-13-21/h2-7,10-13,19,22-23,25,33H,8-9,14-18,29H2,1H3,(H2-,30,34,37,38)/p+1/t19-,22+,23?,25?,32?/m1/s1. The normalized spacial score (nSPS) is 20.9. The van der Waals surface area contributed by atoms with Crippen molar-refractivity contribution in [2.75, 3.05) is 6.54 Å². The highest BCUT2D eigenvalue weighted by atomic mass is 16.6. The van der Waals surface area contributed by atoms with Crippen LogP contribution in [-0.4, -0.2) is 74.5 Å². The number of carbonyl (C=O) groups is 4. The van der Waals surface area contributed by atoms with Crippen LogP contribution in [0.2, 0.25) is 0 Å². The summed E-state index contributed by atoms with van der Waals surface area (Å²) in [6, 6.07) is 15.9. The molecule has 0 aliphatic carbocycles. The Hall–Kier alpha value is -3.80. The van der Waals surface area contributed by atoms with Crippen molar-refractivity contribution in [2.24, 2.45) is 11.5 Å². The second-order valence-corrected chi connectivity index (χ2v) is 9.96. The van der Waals surface area contributed by atoms with E-state index >= 15 is 0 Å². The summed E-state index contributed by atoms with van der Waals surface area (Å²) in [7, 11) is 0. The van der Waals surface area contributed by atoms with Crippen LogP contribution in [0.15, 0.2) is 60.7 Å². The first-order valence-electron chi connectivity index (χ1n) is 13.0. The van der Waals surface area contributed by atoms with Gasteiger partial charge in [-0.3, -0.25) is 9.59 Å². The Morgan fingerprint density at radius 2 is 1.64 bits per heavy atom. The molecule has 11 heteroatoms. The third-order valence-electron chi connectivity index (χ3n) is 7.32. The molecule has 2 aromatic carbocycles. The van der Waals surface area contributed by atoms with Gasteiger partial charge in [0.1, 0.15) is 12.7 Å². The predicted molar refractivity (Wildman–Crippen MR) is 142 cm³/mol. The number of ether oxygens (including phenoxy) is 1. The Morgan fingerprint density at radius 3 is 2.15 bits per heavy atom. The van der Waals surface area contributed by atoms with Crippen molar-refractivity contribution < 1.29 is 38.6 Å². The van der Waals surface area contributed by atoms with E-state index in [4.69, 9.17) is 16.2 Å². The average Bonchev–Trinajstić information content (AvgIpc) is 3.31. The lowest BCUT2D eigenvalue weighted by Crippen LogP contribution is -2.73. The van der Waals surface area contributed by atoms with Crippen LogP contribution in [-0.2, 0) is 27.4 Å². The first kappa shape index (κ1) is 29.8. The summed E-state index contributed by atoms with van der Waals surface area (Å²) in [6.45, 7) is 1.58. The smallest absolute Gasteiger partial charge is 0.444 e. The van der Waals surface area contributed by atoms with E-state index in [-0.39, 0.29) is 19.6 Å². The van der Waals surface area contributed by atoms with Gasteiger partial charge >= 0.3 is 12.2 Å². The van der Waals surface area contributed by atoms with Crippen LogP contribution in [0.25, 0.3) is 0 Å². The zero-order valence-corrected chi connectivity index (χ0v) is 22.0. The van der Waals surface area contributed by atoms with Crippen LogP contribution in [0.4, 0.5) is 9.59 Å². The fourth-order valence-corrected chi connectivity index (χ4v) is 5.28. The van der Waals surface area contributed by atoms with E-state index in [0.717, 1.165) is 5.56 Å². The number of nitrogens with zero attached hydrogens (tertiary/aromatic N) is 2. The van der Waals surface area contributed by atoms with Crippen LogP contribution in [0.3, 0.4) is 0 Å². The Balaban J connectivity index is 2.04. The van der Waals surface area contributed by atoms with Gasteiger partial charge in [0.25, 0.3) is 5.91 Å². The number of hydrogen-bond donors (Lipinski definition) is 4. The largest absolute Gasteiger partial charge is 0.515 e. The van der Waals surface area contributed by atoms with Crippen molar-refractivity contribution in [3.63, 3.8) is 0 Å². The summed E-state index contributed by atoms with van der Waals surface area (Å²) in [5.74, 6) is -1.92. The number of rotatable bonds is 11.